The lowest BCUT2D eigenvalue weighted by Gasteiger charge is -2.29. The van der Waals surface area contributed by atoms with Gasteiger partial charge in [0.2, 0.25) is 0 Å². The molecule has 1 aliphatic carbocycles. The van der Waals surface area contributed by atoms with Gasteiger partial charge in [0.25, 0.3) is 0 Å². The first-order valence-corrected chi connectivity index (χ1v) is 15.5. The number of ether oxygens (including phenoxy) is 2. The molecule has 1 aliphatic rings. The van der Waals surface area contributed by atoms with E-state index < -0.39 is 0 Å². The Hall–Kier alpha value is -1.33. The van der Waals surface area contributed by atoms with Crippen molar-refractivity contribution in [2.75, 3.05) is 6.61 Å². The van der Waals surface area contributed by atoms with Crippen LogP contribution in [0.1, 0.15) is 119 Å². The number of hydrogen-bond acceptors (Lipinski definition) is 3. The fourth-order valence-electron chi connectivity index (χ4n) is 5.11. The highest BCUT2D eigenvalue weighted by atomic mass is 79.9. The Bertz CT molecular complexity index is 910. The van der Waals surface area contributed by atoms with E-state index in [1.807, 2.05) is 12.1 Å². The number of benzene rings is 2. The maximum Gasteiger partial charge on any atom is 0.343 e. The van der Waals surface area contributed by atoms with Crippen molar-refractivity contribution >= 4 is 37.8 Å². The van der Waals surface area contributed by atoms with Crippen LogP contribution in [0.2, 0.25) is 0 Å². The molecule has 3 nitrogen and oxygen atoms in total. The number of hydrogen-bond donors (Lipinski definition) is 0. The number of unbranched alkanes of at least 4 members (excludes halogenated alkanes) is 6. The van der Waals surface area contributed by atoms with Crippen molar-refractivity contribution in [1.82, 2.24) is 0 Å². The van der Waals surface area contributed by atoms with E-state index in [9.17, 15) is 4.79 Å². The summed E-state index contributed by atoms with van der Waals surface area (Å²) in [6.45, 7) is 5.20. The van der Waals surface area contributed by atoms with Crippen LogP contribution in [0.5, 0.6) is 11.5 Å². The highest BCUT2D eigenvalue weighted by molar-refractivity contribution is 9.11. The van der Waals surface area contributed by atoms with E-state index in [0.29, 0.717) is 23.8 Å². The minimum atomic E-state index is -0.372. The normalized spacial score (nSPS) is 17.7. The van der Waals surface area contributed by atoms with Gasteiger partial charge in [-0.25, -0.2) is 4.79 Å². The third-order valence-corrected chi connectivity index (χ3v) is 8.53. The number of halogens is 2. The van der Waals surface area contributed by atoms with Crippen molar-refractivity contribution in [2.45, 2.75) is 103 Å². The summed E-state index contributed by atoms with van der Waals surface area (Å²) in [5, 5.41) is 0. The minimum absolute atomic E-state index is 0.372. The molecule has 2 aromatic carbocycles. The molecule has 1 saturated carbocycles. The van der Waals surface area contributed by atoms with Crippen molar-refractivity contribution in [1.29, 1.82) is 0 Å². The van der Waals surface area contributed by atoms with Crippen LogP contribution in [-0.4, -0.2) is 12.6 Å². The van der Waals surface area contributed by atoms with Crippen LogP contribution in [0, 0.1) is 5.92 Å². The van der Waals surface area contributed by atoms with Gasteiger partial charge in [0, 0.05) is 0 Å². The molecular formula is C31H42Br2O3. The van der Waals surface area contributed by atoms with Crippen LogP contribution in [-0.2, 0) is 0 Å². The van der Waals surface area contributed by atoms with Gasteiger partial charge in [-0.3, -0.25) is 0 Å². The average molecular weight is 622 g/mol. The van der Waals surface area contributed by atoms with Crippen LogP contribution in [0.15, 0.2) is 45.3 Å². The standard InChI is InChI=1S/C31H42Br2O3/c1-3-5-7-8-10-20-35-27-18-16-25(17-19-27)31(34)36-30-28(32)21-26(22-29(30)33)24-14-12-23(13-15-24)11-9-6-4-2/h16-19,21-24H,3-15,20H2,1-2H3. The summed E-state index contributed by atoms with van der Waals surface area (Å²) in [5.74, 6) is 2.41. The lowest BCUT2D eigenvalue weighted by Crippen LogP contribution is -2.14. The molecule has 198 valence electrons. The van der Waals surface area contributed by atoms with E-state index in [1.165, 1.54) is 82.6 Å². The quantitative estimate of drug-likeness (QED) is 0.120. The van der Waals surface area contributed by atoms with E-state index in [2.05, 4.69) is 57.8 Å². The summed E-state index contributed by atoms with van der Waals surface area (Å²) < 4.78 is 13.2. The third kappa shape index (κ3) is 9.20. The van der Waals surface area contributed by atoms with Crippen LogP contribution in [0.4, 0.5) is 0 Å². The third-order valence-electron chi connectivity index (χ3n) is 7.36. The molecule has 0 N–H and O–H groups in total. The van der Waals surface area contributed by atoms with E-state index in [4.69, 9.17) is 9.47 Å². The number of rotatable bonds is 14. The predicted octanol–water partition coefficient (Wildman–Crippen LogP) is 10.6. The number of esters is 1. The van der Waals surface area contributed by atoms with Gasteiger partial charge in [-0.1, -0.05) is 65.2 Å². The molecule has 0 aromatic heterocycles. The Labute approximate surface area is 235 Å². The van der Waals surface area contributed by atoms with Crippen LogP contribution < -0.4 is 9.47 Å². The van der Waals surface area contributed by atoms with E-state index in [1.54, 1.807) is 12.1 Å². The molecule has 0 amide bonds. The lowest BCUT2D eigenvalue weighted by atomic mass is 9.77. The fourth-order valence-corrected chi connectivity index (χ4v) is 6.50. The zero-order chi connectivity index (χ0) is 25.8. The van der Waals surface area contributed by atoms with Crippen molar-refractivity contribution < 1.29 is 14.3 Å². The Kier molecular flexibility index (Phi) is 12.8. The minimum Gasteiger partial charge on any atom is -0.494 e. The summed E-state index contributed by atoms with van der Waals surface area (Å²) >= 11 is 7.31. The Balaban J connectivity index is 1.51. The molecular weight excluding hydrogens is 580 g/mol. The van der Waals surface area contributed by atoms with Gasteiger partial charge in [-0.15, -0.1) is 0 Å². The highest BCUT2D eigenvalue weighted by Gasteiger charge is 2.24. The largest absolute Gasteiger partial charge is 0.494 e. The Morgan fingerprint density at radius 2 is 1.44 bits per heavy atom. The van der Waals surface area contributed by atoms with Crippen LogP contribution in [0.25, 0.3) is 0 Å². The summed E-state index contributed by atoms with van der Waals surface area (Å²) in [4.78, 5) is 12.8. The van der Waals surface area contributed by atoms with Gasteiger partial charge < -0.3 is 9.47 Å². The number of carbonyl (C=O) groups excluding carboxylic acids is 1. The maximum absolute atomic E-state index is 12.8. The van der Waals surface area contributed by atoms with Gasteiger partial charge >= 0.3 is 5.97 Å². The smallest absolute Gasteiger partial charge is 0.343 e. The average Bonchev–Trinajstić information content (AvgIpc) is 2.89. The molecule has 36 heavy (non-hydrogen) atoms. The van der Waals surface area contributed by atoms with E-state index in [0.717, 1.165) is 27.0 Å². The van der Waals surface area contributed by atoms with Crippen LogP contribution in [0.3, 0.4) is 0 Å². The molecule has 5 heteroatoms. The second kappa shape index (κ2) is 15.8. The molecule has 0 bridgehead atoms. The fraction of sp³-hybridized carbons (Fsp3) is 0.581. The highest BCUT2D eigenvalue weighted by Crippen LogP contribution is 2.42. The molecule has 0 atom stereocenters. The SMILES string of the molecule is CCCCCCCOc1ccc(C(=O)Oc2c(Br)cc(C3CCC(CCCCC)CC3)cc2Br)cc1. The topological polar surface area (TPSA) is 35.5 Å². The van der Waals surface area contributed by atoms with Gasteiger partial charge in [-0.05, 0) is 118 Å². The second-order valence-electron chi connectivity index (χ2n) is 10.2. The first-order chi connectivity index (χ1) is 17.5. The van der Waals surface area contributed by atoms with Crippen molar-refractivity contribution in [3.8, 4) is 11.5 Å². The first-order valence-electron chi connectivity index (χ1n) is 14.0. The predicted molar refractivity (Wildman–Crippen MR) is 156 cm³/mol. The lowest BCUT2D eigenvalue weighted by molar-refractivity contribution is 0.0732. The molecule has 3 rings (SSSR count). The summed E-state index contributed by atoms with van der Waals surface area (Å²) in [6.07, 6.45) is 16.6. The molecule has 0 spiro atoms. The van der Waals surface area contributed by atoms with Gasteiger partial charge in [0.05, 0.1) is 21.1 Å². The zero-order valence-corrected chi connectivity index (χ0v) is 25.2. The molecule has 1 fully saturated rings. The number of carbonyl (C=O) groups is 1. The first kappa shape index (κ1) is 29.2. The Morgan fingerprint density at radius 3 is 2.08 bits per heavy atom. The molecule has 0 saturated heterocycles. The monoisotopic (exact) mass is 620 g/mol. The van der Waals surface area contributed by atoms with Gasteiger partial charge in [0.1, 0.15) is 5.75 Å². The molecule has 0 radical (unpaired) electrons. The second-order valence-corrected chi connectivity index (χ2v) is 11.9. The van der Waals surface area contributed by atoms with Gasteiger partial charge in [0.15, 0.2) is 5.75 Å². The van der Waals surface area contributed by atoms with Gasteiger partial charge in [-0.2, -0.15) is 0 Å². The Morgan fingerprint density at radius 1 is 0.833 bits per heavy atom. The van der Waals surface area contributed by atoms with E-state index in [-0.39, 0.29) is 5.97 Å². The summed E-state index contributed by atoms with van der Waals surface area (Å²) in [5.41, 5.74) is 1.83. The molecule has 2 aromatic rings. The van der Waals surface area contributed by atoms with Crippen molar-refractivity contribution in [2.24, 2.45) is 5.92 Å². The van der Waals surface area contributed by atoms with Crippen molar-refractivity contribution in [3.05, 3.63) is 56.5 Å². The molecule has 0 unspecified atom stereocenters. The van der Waals surface area contributed by atoms with Crippen molar-refractivity contribution in [3.63, 3.8) is 0 Å². The molecule has 0 heterocycles. The maximum atomic E-state index is 12.8. The zero-order valence-electron chi connectivity index (χ0n) is 22.0. The van der Waals surface area contributed by atoms with E-state index >= 15 is 0 Å². The molecule has 0 aliphatic heterocycles. The van der Waals surface area contributed by atoms with Crippen LogP contribution >= 0.6 is 31.9 Å². The summed E-state index contributed by atoms with van der Waals surface area (Å²) in [7, 11) is 0. The summed E-state index contributed by atoms with van der Waals surface area (Å²) in [6, 6.07) is 11.5.